The highest BCUT2D eigenvalue weighted by Crippen LogP contribution is 2.00. The van der Waals surface area contributed by atoms with Gasteiger partial charge in [-0.15, -0.1) is 0 Å². The number of nitrogens with two attached hydrogens (primary N) is 1. The van der Waals surface area contributed by atoms with Gasteiger partial charge in [0.25, 0.3) is 11.5 Å². The summed E-state index contributed by atoms with van der Waals surface area (Å²) >= 11 is 0. The van der Waals surface area contributed by atoms with Crippen LogP contribution in [0.15, 0.2) is 15.7 Å². The van der Waals surface area contributed by atoms with Gasteiger partial charge in [0.05, 0.1) is 0 Å². The van der Waals surface area contributed by atoms with E-state index in [2.05, 4.69) is 10.3 Å². The lowest BCUT2D eigenvalue weighted by Gasteiger charge is -2.20. The Morgan fingerprint density at radius 1 is 1.41 bits per heavy atom. The Bertz CT molecular complexity index is 475. The van der Waals surface area contributed by atoms with Crippen LogP contribution in [0.3, 0.4) is 0 Å². The van der Waals surface area contributed by atoms with Crippen LogP contribution in [-0.4, -0.2) is 28.5 Å². The summed E-state index contributed by atoms with van der Waals surface area (Å²) in [4.78, 5) is 38.0. The van der Waals surface area contributed by atoms with E-state index in [-0.39, 0.29) is 24.2 Å². The topological polar surface area (TPSA) is 121 Å². The van der Waals surface area contributed by atoms with Crippen molar-refractivity contribution in [2.24, 2.45) is 11.7 Å². The number of aromatic nitrogens is 2. The molecule has 5 N–H and O–H groups in total. The van der Waals surface area contributed by atoms with E-state index in [0.717, 1.165) is 6.07 Å². The molecule has 0 bridgehead atoms. The molecule has 0 radical (unpaired) electrons. The van der Waals surface area contributed by atoms with E-state index in [4.69, 9.17) is 5.73 Å². The predicted octanol–water partition coefficient (Wildman–Crippen LogP) is -1.22. The molecule has 0 spiro atoms. The molecule has 0 aliphatic carbocycles. The molecule has 0 fully saturated rings. The van der Waals surface area contributed by atoms with E-state index in [9.17, 15) is 14.4 Å². The van der Waals surface area contributed by atoms with Crippen molar-refractivity contribution in [2.75, 3.05) is 6.54 Å². The molecule has 1 amide bonds. The highest BCUT2D eigenvalue weighted by atomic mass is 16.2. The van der Waals surface area contributed by atoms with E-state index in [0.29, 0.717) is 0 Å². The van der Waals surface area contributed by atoms with Gasteiger partial charge < -0.3 is 16.0 Å². The molecular weight excluding hydrogens is 224 g/mol. The Morgan fingerprint density at radius 2 is 2.06 bits per heavy atom. The third-order valence-electron chi connectivity index (χ3n) is 2.38. The first-order valence-electron chi connectivity index (χ1n) is 5.28. The number of rotatable bonds is 4. The highest BCUT2D eigenvalue weighted by Gasteiger charge is 2.16. The van der Waals surface area contributed by atoms with Gasteiger partial charge in [-0.25, -0.2) is 4.79 Å². The summed E-state index contributed by atoms with van der Waals surface area (Å²) in [6.45, 7) is 4.12. The van der Waals surface area contributed by atoms with Crippen LogP contribution in [0, 0.1) is 5.92 Å². The average molecular weight is 240 g/mol. The summed E-state index contributed by atoms with van der Waals surface area (Å²) in [5, 5.41) is 2.65. The molecular formula is C10H16N4O3. The molecule has 0 aliphatic rings. The second-order valence-electron chi connectivity index (χ2n) is 4.06. The summed E-state index contributed by atoms with van der Waals surface area (Å²) < 4.78 is 0. The number of aromatic amines is 2. The Labute approximate surface area is 97.4 Å². The molecule has 1 unspecified atom stereocenters. The van der Waals surface area contributed by atoms with Gasteiger partial charge in [0.15, 0.2) is 0 Å². The predicted molar refractivity (Wildman–Crippen MR) is 62.8 cm³/mol. The van der Waals surface area contributed by atoms with Crippen LogP contribution in [0.25, 0.3) is 0 Å². The maximum atomic E-state index is 11.7. The molecule has 1 heterocycles. The zero-order valence-electron chi connectivity index (χ0n) is 9.74. The maximum Gasteiger partial charge on any atom is 0.326 e. The van der Waals surface area contributed by atoms with Gasteiger partial charge in [-0.2, -0.15) is 0 Å². The molecule has 1 aromatic rings. The van der Waals surface area contributed by atoms with Crippen molar-refractivity contribution in [3.05, 3.63) is 32.6 Å². The van der Waals surface area contributed by atoms with Gasteiger partial charge in [-0.1, -0.05) is 13.8 Å². The second-order valence-corrected chi connectivity index (χ2v) is 4.06. The largest absolute Gasteiger partial charge is 0.347 e. The fraction of sp³-hybridized carbons (Fsp3) is 0.500. The lowest BCUT2D eigenvalue weighted by Crippen LogP contribution is -2.44. The summed E-state index contributed by atoms with van der Waals surface area (Å²) in [5.74, 6) is -0.352. The molecule has 1 atom stereocenters. The zero-order chi connectivity index (χ0) is 13.0. The first-order chi connectivity index (χ1) is 7.93. The quantitative estimate of drug-likeness (QED) is 0.527. The van der Waals surface area contributed by atoms with Crippen LogP contribution in [-0.2, 0) is 0 Å². The minimum absolute atomic E-state index is 0.0714. The van der Waals surface area contributed by atoms with E-state index in [1.807, 2.05) is 18.8 Å². The molecule has 7 heteroatoms. The SMILES string of the molecule is CC(C)C(CN)NC(=O)c1cc(=O)[nH]c(=O)[nH]1. The summed E-state index contributed by atoms with van der Waals surface area (Å²) in [6, 6.07) is 0.829. The molecule has 0 saturated heterocycles. The van der Waals surface area contributed by atoms with Crippen LogP contribution in [0.4, 0.5) is 0 Å². The van der Waals surface area contributed by atoms with Crippen LogP contribution in [0.1, 0.15) is 24.3 Å². The minimum atomic E-state index is -0.712. The lowest BCUT2D eigenvalue weighted by atomic mass is 10.0. The Balaban J connectivity index is 2.90. The fourth-order valence-electron chi connectivity index (χ4n) is 1.33. The first-order valence-corrected chi connectivity index (χ1v) is 5.28. The van der Waals surface area contributed by atoms with Gasteiger partial charge in [-0.3, -0.25) is 14.6 Å². The Hall–Kier alpha value is -1.89. The van der Waals surface area contributed by atoms with Crippen LogP contribution in [0.5, 0.6) is 0 Å². The van der Waals surface area contributed by atoms with Gasteiger partial charge in [0.1, 0.15) is 5.69 Å². The van der Waals surface area contributed by atoms with E-state index in [1.54, 1.807) is 0 Å². The van der Waals surface area contributed by atoms with Crippen molar-refractivity contribution in [3.8, 4) is 0 Å². The van der Waals surface area contributed by atoms with Gasteiger partial charge in [-0.05, 0) is 5.92 Å². The molecule has 0 aliphatic heterocycles. The first kappa shape index (κ1) is 13.2. The summed E-state index contributed by atoms with van der Waals surface area (Å²) in [7, 11) is 0. The molecule has 17 heavy (non-hydrogen) atoms. The molecule has 0 aromatic carbocycles. The number of H-pyrrole nitrogens is 2. The van der Waals surface area contributed by atoms with Crippen molar-refractivity contribution in [2.45, 2.75) is 19.9 Å². The van der Waals surface area contributed by atoms with Crippen LogP contribution in [0.2, 0.25) is 0 Å². The zero-order valence-corrected chi connectivity index (χ0v) is 9.74. The third-order valence-corrected chi connectivity index (χ3v) is 2.38. The highest BCUT2D eigenvalue weighted by molar-refractivity contribution is 5.92. The normalized spacial score (nSPS) is 12.5. The van der Waals surface area contributed by atoms with E-state index in [1.165, 1.54) is 0 Å². The van der Waals surface area contributed by atoms with Gasteiger partial charge in [0, 0.05) is 18.7 Å². The number of nitrogens with one attached hydrogen (secondary N) is 3. The number of carbonyl (C=O) groups excluding carboxylic acids is 1. The van der Waals surface area contributed by atoms with Crippen molar-refractivity contribution in [3.63, 3.8) is 0 Å². The number of hydrogen-bond acceptors (Lipinski definition) is 4. The maximum absolute atomic E-state index is 11.7. The van der Waals surface area contributed by atoms with Crippen molar-refractivity contribution < 1.29 is 4.79 Å². The summed E-state index contributed by atoms with van der Waals surface area (Å²) in [5.41, 5.74) is 4.10. The van der Waals surface area contributed by atoms with Crippen molar-refractivity contribution in [1.82, 2.24) is 15.3 Å². The van der Waals surface area contributed by atoms with Crippen molar-refractivity contribution in [1.29, 1.82) is 0 Å². The van der Waals surface area contributed by atoms with Crippen LogP contribution < -0.4 is 22.3 Å². The van der Waals surface area contributed by atoms with E-state index >= 15 is 0 Å². The Kier molecular flexibility index (Phi) is 4.22. The standard InChI is InChI=1S/C10H16N4O3/c1-5(2)7(4-11)12-9(16)6-3-8(15)14-10(17)13-6/h3,5,7H,4,11H2,1-2H3,(H,12,16)(H2,13,14,15,17). The summed E-state index contributed by atoms with van der Waals surface area (Å²) in [6.07, 6.45) is 0. The van der Waals surface area contributed by atoms with Crippen LogP contribution >= 0.6 is 0 Å². The fourth-order valence-corrected chi connectivity index (χ4v) is 1.33. The molecule has 94 valence electrons. The molecule has 0 saturated carbocycles. The minimum Gasteiger partial charge on any atom is -0.347 e. The van der Waals surface area contributed by atoms with E-state index < -0.39 is 17.2 Å². The molecule has 1 rings (SSSR count). The molecule has 1 aromatic heterocycles. The van der Waals surface area contributed by atoms with Gasteiger partial charge >= 0.3 is 5.69 Å². The lowest BCUT2D eigenvalue weighted by molar-refractivity contribution is 0.0922. The molecule has 7 nitrogen and oxygen atoms in total. The number of carbonyl (C=O) groups is 1. The van der Waals surface area contributed by atoms with Crippen molar-refractivity contribution >= 4 is 5.91 Å². The third kappa shape index (κ3) is 3.56. The number of hydrogen-bond donors (Lipinski definition) is 4. The Morgan fingerprint density at radius 3 is 2.53 bits per heavy atom. The smallest absolute Gasteiger partial charge is 0.326 e. The number of amides is 1. The van der Waals surface area contributed by atoms with Gasteiger partial charge in [0.2, 0.25) is 0 Å². The average Bonchev–Trinajstić information content (AvgIpc) is 2.23. The second kappa shape index (κ2) is 5.44. The monoisotopic (exact) mass is 240 g/mol.